The molecule has 45 heavy (non-hydrogen) atoms. The van der Waals surface area contributed by atoms with Crippen LogP contribution >= 0.6 is 0 Å². The first kappa shape index (κ1) is 31.1. The number of nitrogens with one attached hydrogen (secondary N) is 2. The topological polar surface area (TPSA) is 139 Å². The number of aromatic nitrogens is 4. The van der Waals surface area contributed by atoms with Crippen molar-refractivity contribution in [3.8, 4) is 18.2 Å². The zero-order valence-corrected chi connectivity index (χ0v) is 24.3. The lowest BCUT2D eigenvalue weighted by atomic mass is 9.92. The molecule has 0 saturated heterocycles. The van der Waals surface area contributed by atoms with Gasteiger partial charge in [0.15, 0.2) is 0 Å². The summed E-state index contributed by atoms with van der Waals surface area (Å²) in [5.41, 5.74) is -1.22. The second kappa shape index (κ2) is 11.3. The predicted octanol–water partition coefficient (Wildman–Crippen LogP) is 6.71. The van der Waals surface area contributed by atoms with Gasteiger partial charge in [-0.2, -0.15) is 29.0 Å². The van der Waals surface area contributed by atoms with E-state index in [1.165, 1.54) is 24.5 Å². The van der Waals surface area contributed by atoms with E-state index in [0.717, 1.165) is 18.5 Å². The minimum absolute atomic E-state index is 0.0275. The van der Waals surface area contributed by atoms with E-state index >= 15 is 0 Å². The van der Waals surface area contributed by atoms with Crippen molar-refractivity contribution in [3.05, 3.63) is 76.2 Å². The Hall–Kier alpha value is -5.29. The maximum Gasteiger partial charge on any atom is 0.395 e. The third-order valence-electron chi connectivity index (χ3n) is 8.23. The van der Waals surface area contributed by atoms with Crippen molar-refractivity contribution in [2.45, 2.75) is 57.8 Å². The lowest BCUT2D eigenvalue weighted by molar-refractivity contribution is -0.206. The molecule has 0 spiro atoms. The molecular weight excluding hydrogens is 593 g/mol. The van der Waals surface area contributed by atoms with Crippen LogP contribution in [0.25, 0.3) is 10.9 Å². The number of rotatable bonds is 9. The van der Waals surface area contributed by atoms with Gasteiger partial charge in [0.25, 0.3) is 6.43 Å². The summed E-state index contributed by atoms with van der Waals surface area (Å²) in [5.74, 6) is 0. The number of halogens is 5. The van der Waals surface area contributed by atoms with Crippen molar-refractivity contribution in [3.63, 3.8) is 0 Å². The highest BCUT2D eigenvalue weighted by Gasteiger charge is 2.54. The average molecular weight is 620 g/mol. The Kier molecular flexibility index (Phi) is 7.84. The summed E-state index contributed by atoms with van der Waals surface area (Å²) in [5, 5.41) is 43.8. The lowest BCUT2D eigenvalue weighted by Crippen LogP contribution is -2.38. The Balaban J connectivity index is 1.66. The molecule has 1 aliphatic carbocycles. The number of hydrogen-bond donors (Lipinski definition) is 2. The van der Waals surface area contributed by atoms with Gasteiger partial charge in [-0.25, -0.2) is 13.5 Å². The van der Waals surface area contributed by atoms with Crippen molar-refractivity contribution in [1.82, 2.24) is 20.0 Å². The number of nitriles is 3. The Morgan fingerprint density at radius 3 is 2.36 bits per heavy atom. The van der Waals surface area contributed by atoms with E-state index in [-0.39, 0.29) is 51.9 Å². The molecule has 2 aromatic heterocycles. The number of fused-ring (bicyclic) bond motifs is 1. The van der Waals surface area contributed by atoms with E-state index in [2.05, 4.69) is 32.0 Å². The smallest absolute Gasteiger partial charge is 0.382 e. The Morgan fingerprint density at radius 2 is 1.76 bits per heavy atom. The molecule has 1 saturated carbocycles. The highest BCUT2D eigenvalue weighted by Crippen LogP contribution is 2.48. The zero-order valence-electron chi connectivity index (χ0n) is 24.3. The zero-order chi connectivity index (χ0) is 32.7. The Bertz CT molecular complexity index is 1900. The normalized spacial score (nSPS) is 14.8. The van der Waals surface area contributed by atoms with Crippen LogP contribution in [0.2, 0.25) is 0 Å². The Labute approximate surface area is 254 Å². The maximum absolute atomic E-state index is 13.9. The number of nitrogens with zero attached hydrogens (tertiary/aromatic N) is 7. The molecule has 14 heteroatoms. The number of pyridine rings is 1. The van der Waals surface area contributed by atoms with E-state index in [0.29, 0.717) is 16.7 Å². The fourth-order valence-electron chi connectivity index (χ4n) is 5.02. The molecule has 5 rings (SSSR count). The van der Waals surface area contributed by atoms with Crippen LogP contribution in [0.15, 0.2) is 42.7 Å². The van der Waals surface area contributed by atoms with Crippen molar-refractivity contribution in [2.24, 2.45) is 5.41 Å². The average Bonchev–Trinajstić information content (AvgIpc) is 3.68. The minimum atomic E-state index is -4.54. The van der Waals surface area contributed by atoms with Gasteiger partial charge in [0.2, 0.25) is 0 Å². The summed E-state index contributed by atoms with van der Waals surface area (Å²) >= 11 is 0. The van der Waals surface area contributed by atoms with Crippen molar-refractivity contribution >= 4 is 22.3 Å². The van der Waals surface area contributed by atoms with Crippen LogP contribution in [-0.2, 0) is 5.54 Å². The lowest BCUT2D eigenvalue weighted by Gasteiger charge is -2.29. The largest absolute Gasteiger partial charge is 0.395 e. The molecule has 0 amide bonds. The monoisotopic (exact) mass is 619 g/mol. The van der Waals surface area contributed by atoms with Crippen LogP contribution in [0, 0.1) is 46.3 Å². The third kappa shape index (κ3) is 5.58. The number of alkyl halides is 5. The molecule has 1 atom stereocenters. The molecular formula is C31H26F5N9. The van der Waals surface area contributed by atoms with Gasteiger partial charge in [-0.3, -0.25) is 4.98 Å². The van der Waals surface area contributed by atoms with Gasteiger partial charge in [0.05, 0.1) is 63.4 Å². The maximum atomic E-state index is 13.9. The summed E-state index contributed by atoms with van der Waals surface area (Å²) in [6, 6.07) is 13.1. The van der Waals surface area contributed by atoms with Crippen molar-refractivity contribution < 1.29 is 22.0 Å². The second-order valence-corrected chi connectivity index (χ2v) is 11.6. The van der Waals surface area contributed by atoms with Crippen LogP contribution < -0.4 is 10.6 Å². The third-order valence-corrected chi connectivity index (χ3v) is 8.23. The van der Waals surface area contributed by atoms with Crippen LogP contribution in [0.1, 0.15) is 66.2 Å². The predicted molar refractivity (Wildman–Crippen MR) is 154 cm³/mol. The van der Waals surface area contributed by atoms with Crippen molar-refractivity contribution in [2.75, 3.05) is 17.2 Å². The minimum Gasteiger partial charge on any atom is -0.382 e. The fourth-order valence-corrected chi connectivity index (χ4v) is 5.02. The molecule has 1 aliphatic rings. The Morgan fingerprint density at radius 1 is 1.04 bits per heavy atom. The molecule has 0 radical (unpaired) electrons. The van der Waals surface area contributed by atoms with Crippen LogP contribution in [-0.4, -0.2) is 39.1 Å². The number of hydrogen-bond acceptors (Lipinski definition) is 8. The SMILES string of the molecule is Cc1c(C#N)cccc1[C@H](Nc1cc(C#N)cc2c(NCC(C)(C)C(F)(F)F)c(C#N)cnc12)c1cn(C2(C(F)F)CC2)nn1. The molecule has 2 heterocycles. The molecule has 0 bridgehead atoms. The first-order chi connectivity index (χ1) is 21.3. The van der Waals surface area contributed by atoms with E-state index in [1.807, 2.05) is 12.1 Å². The summed E-state index contributed by atoms with van der Waals surface area (Å²) in [4.78, 5) is 4.41. The fraction of sp³-hybridized carbons (Fsp3) is 0.355. The summed E-state index contributed by atoms with van der Waals surface area (Å²) in [6.45, 7) is 3.21. The van der Waals surface area contributed by atoms with Crippen molar-refractivity contribution in [1.29, 1.82) is 15.8 Å². The van der Waals surface area contributed by atoms with Gasteiger partial charge in [-0.15, -0.1) is 5.10 Å². The van der Waals surface area contributed by atoms with Gasteiger partial charge < -0.3 is 10.6 Å². The summed E-state index contributed by atoms with van der Waals surface area (Å²) in [6.07, 6.45) is -4.10. The number of anilines is 2. The second-order valence-electron chi connectivity index (χ2n) is 11.6. The van der Waals surface area contributed by atoms with Crippen LogP contribution in [0.5, 0.6) is 0 Å². The van der Waals surface area contributed by atoms with Crippen LogP contribution in [0.3, 0.4) is 0 Å². The van der Waals surface area contributed by atoms with Gasteiger partial charge in [-0.1, -0.05) is 17.3 Å². The first-order valence-electron chi connectivity index (χ1n) is 13.8. The van der Waals surface area contributed by atoms with Gasteiger partial charge in [-0.05, 0) is 62.9 Å². The molecule has 2 N–H and O–H groups in total. The van der Waals surface area contributed by atoms with E-state index in [9.17, 15) is 37.7 Å². The number of benzene rings is 2. The highest BCUT2D eigenvalue weighted by atomic mass is 19.4. The van der Waals surface area contributed by atoms with E-state index in [4.69, 9.17) is 0 Å². The first-order valence-corrected chi connectivity index (χ1v) is 13.8. The molecule has 0 unspecified atom stereocenters. The molecule has 2 aromatic carbocycles. The standard InChI is InChI=1S/C31H26F5N9/c1-17-19(12-38)5-4-6-21(17)27(24-15-45(44-43-24)30(7-8-30)28(32)33)42-23-10-18(11-37)9-22-25(20(13-39)14-40-26(22)23)41-16-29(2,3)31(34,35)36/h4-6,9-10,14-15,27-28,42H,7-8,16H2,1-3H3,(H,40,41)/t27-/m0/s1. The molecule has 230 valence electrons. The van der Waals surface area contributed by atoms with Gasteiger partial charge >= 0.3 is 6.18 Å². The molecule has 1 fully saturated rings. The van der Waals surface area contributed by atoms with E-state index in [1.54, 1.807) is 25.1 Å². The quantitative estimate of drug-likeness (QED) is 0.197. The highest BCUT2D eigenvalue weighted by molar-refractivity contribution is 6.01. The van der Waals surface area contributed by atoms with E-state index < -0.39 is 36.1 Å². The molecule has 4 aromatic rings. The molecule has 0 aliphatic heterocycles. The summed E-state index contributed by atoms with van der Waals surface area (Å²) < 4.78 is 69.9. The van der Waals surface area contributed by atoms with Gasteiger partial charge in [0.1, 0.15) is 17.3 Å². The molecule has 9 nitrogen and oxygen atoms in total. The van der Waals surface area contributed by atoms with Crippen LogP contribution in [0.4, 0.5) is 33.3 Å². The van der Waals surface area contributed by atoms with Gasteiger partial charge in [0, 0.05) is 18.1 Å². The summed E-state index contributed by atoms with van der Waals surface area (Å²) in [7, 11) is 0.